The predicted octanol–water partition coefficient (Wildman–Crippen LogP) is 5.15. The molecule has 0 aliphatic carbocycles. The van der Waals surface area contributed by atoms with E-state index in [1.807, 2.05) is 54.6 Å². The molecule has 12 heteroatoms. The Bertz CT molecular complexity index is 2260. The molecule has 1 atom stereocenters. The Morgan fingerprint density at radius 1 is 1.02 bits per heavy atom. The van der Waals surface area contributed by atoms with Crippen LogP contribution >= 0.6 is 11.3 Å². The Kier molecular flexibility index (Phi) is 8.30. The van der Waals surface area contributed by atoms with Crippen molar-refractivity contribution in [1.82, 2.24) is 4.57 Å². The zero-order chi connectivity index (χ0) is 33.2. The van der Waals surface area contributed by atoms with Gasteiger partial charge in [-0.05, 0) is 54.5 Å². The Labute approximate surface area is 277 Å². The number of nitrogens with zero attached hydrogens (tertiary/aromatic N) is 3. The van der Waals surface area contributed by atoms with E-state index in [0.29, 0.717) is 49.0 Å². The van der Waals surface area contributed by atoms with Crippen molar-refractivity contribution in [3.05, 3.63) is 155 Å². The monoisotopic (exact) mass is 661 g/mol. The lowest BCUT2D eigenvalue weighted by Gasteiger charge is -2.26. The second-order valence-corrected chi connectivity index (χ2v) is 11.8. The van der Waals surface area contributed by atoms with E-state index in [-0.39, 0.29) is 36.8 Å². The Hall–Kier alpha value is -6.01. The number of carbonyl (C=O) groups excluding carboxylic acids is 1. The first-order chi connectivity index (χ1) is 23.4. The van der Waals surface area contributed by atoms with Crippen LogP contribution in [-0.2, 0) is 16.1 Å². The number of rotatable bonds is 9. The first-order valence-corrected chi connectivity index (χ1v) is 15.9. The molecule has 7 rings (SSSR count). The second kappa shape index (κ2) is 13.0. The molecular weight excluding hydrogens is 634 g/mol. The van der Waals surface area contributed by atoms with E-state index in [4.69, 9.17) is 23.9 Å². The molecule has 0 fully saturated rings. The molecule has 1 aromatic heterocycles. The minimum atomic E-state index is -0.874. The zero-order valence-electron chi connectivity index (χ0n) is 25.5. The Balaban J connectivity index is 1.36. The smallest absolute Gasteiger partial charge is 0.338 e. The molecule has 0 radical (unpaired) electrons. The molecule has 0 amide bonds. The first-order valence-electron chi connectivity index (χ1n) is 15.0. The lowest BCUT2D eigenvalue weighted by Crippen LogP contribution is -2.40. The maximum atomic E-state index is 14.3. The number of hydrogen-bond donors (Lipinski definition) is 0. The first kappa shape index (κ1) is 30.6. The number of ether oxygens (including phenoxy) is 4. The van der Waals surface area contributed by atoms with E-state index in [2.05, 4.69) is 0 Å². The number of benzene rings is 4. The minimum Gasteiger partial charge on any atom is -0.488 e. The van der Waals surface area contributed by atoms with Gasteiger partial charge in [-0.15, -0.1) is 0 Å². The van der Waals surface area contributed by atoms with Crippen LogP contribution in [-0.4, -0.2) is 28.9 Å². The fourth-order valence-corrected chi connectivity index (χ4v) is 6.58. The standard InChI is InChI=1S/C36H27N3O8S/c1-2-44-35(41)31-32(23-8-4-3-5-9-23)37-36-38(33(31)25-14-17-28-29(18-25)47-21-46-28)34(40)30(48-36)19-24-10-6-7-11-27(24)45-20-22-12-15-26(16-13-22)39(42)43/h3-19,33H,2,20-21H2,1H3/b30-19+/t33-/m0/s1. The van der Waals surface area contributed by atoms with Crippen molar-refractivity contribution in [2.75, 3.05) is 13.4 Å². The van der Waals surface area contributed by atoms with Gasteiger partial charge in [-0.25, -0.2) is 9.79 Å². The third-order valence-corrected chi connectivity index (χ3v) is 8.82. The van der Waals surface area contributed by atoms with Gasteiger partial charge in [0.05, 0.1) is 33.4 Å². The van der Waals surface area contributed by atoms with Gasteiger partial charge in [-0.3, -0.25) is 19.5 Å². The molecule has 0 bridgehead atoms. The molecule has 0 spiro atoms. The number of nitro benzene ring substituents is 1. The molecular formula is C36H27N3O8S. The summed E-state index contributed by atoms with van der Waals surface area (Å²) in [7, 11) is 0. The summed E-state index contributed by atoms with van der Waals surface area (Å²) in [6.45, 7) is 2.10. The molecule has 0 N–H and O–H groups in total. The summed E-state index contributed by atoms with van der Waals surface area (Å²) >= 11 is 1.20. The van der Waals surface area contributed by atoms with Crippen molar-refractivity contribution >= 4 is 34.8 Å². The number of para-hydroxylation sites is 1. The van der Waals surface area contributed by atoms with Crippen molar-refractivity contribution in [2.45, 2.75) is 19.6 Å². The molecule has 5 aromatic rings. The summed E-state index contributed by atoms with van der Waals surface area (Å²) in [4.78, 5) is 44.0. The summed E-state index contributed by atoms with van der Waals surface area (Å²) < 4.78 is 24.7. The quantitative estimate of drug-likeness (QED) is 0.120. The van der Waals surface area contributed by atoms with Crippen molar-refractivity contribution in [2.24, 2.45) is 4.99 Å². The average Bonchev–Trinajstić information content (AvgIpc) is 3.71. The highest BCUT2D eigenvalue weighted by molar-refractivity contribution is 7.07. The largest absolute Gasteiger partial charge is 0.488 e. The van der Waals surface area contributed by atoms with Crippen LogP contribution in [0.25, 0.3) is 11.8 Å². The number of nitro groups is 1. The molecule has 48 heavy (non-hydrogen) atoms. The normalized spacial score (nSPS) is 15.1. The molecule has 2 aliphatic heterocycles. The molecule has 11 nitrogen and oxygen atoms in total. The predicted molar refractivity (Wildman–Crippen MR) is 177 cm³/mol. The van der Waals surface area contributed by atoms with E-state index in [0.717, 1.165) is 5.56 Å². The number of hydrogen-bond acceptors (Lipinski definition) is 10. The van der Waals surface area contributed by atoms with Gasteiger partial charge in [0.2, 0.25) is 6.79 Å². The van der Waals surface area contributed by atoms with E-state index in [9.17, 15) is 19.7 Å². The van der Waals surface area contributed by atoms with Crippen LogP contribution in [0.1, 0.15) is 35.2 Å². The summed E-state index contributed by atoms with van der Waals surface area (Å²) in [5.74, 6) is 1.02. The van der Waals surface area contributed by atoms with Crippen LogP contribution in [0.5, 0.6) is 17.2 Å². The van der Waals surface area contributed by atoms with Crippen molar-refractivity contribution in [3.8, 4) is 17.2 Å². The topological polar surface area (TPSA) is 131 Å². The van der Waals surface area contributed by atoms with Crippen molar-refractivity contribution < 1.29 is 28.7 Å². The number of fused-ring (bicyclic) bond motifs is 2. The van der Waals surface area contributed by atoms with Gasteiger partial charge in [0.25, 0.3) is 11.2 Å². The van der Waals surface area contributed by atoms with E-state index < -0.39 is 16.9 Å². The van der Waals surface area contributed by atoms with Crippen LogP contribution in [0.4, 0.5) is 5.69 Å². The molecule has 0 saturated carbocycles. The van der Waals surface area contributed by atoms with Crippen LogP contribution in [0, 0.1) is 10.1 Å². The molecule has 3 heterocycles. The highest BCUT2D eigenvalue weighted by Crippen LogP contribution is 2.40. The van der Waals surface area contributed by atoms with Gasteiger partial charge in [0.1, 0.15) is 12.4 Å². The van der Waals surface area contributed by atoms with E-state index >= 15 is 0 Å². The zero-order valence-corrected chi connectivity index (χ0v) is 26.3. The summed E-state index contributed by atoms with van der Waals surface area (Å²) in [5, 5.41) is 11.0. The summed E-state index contributed by atoms with van der Waals surface area (Å²) in [5.41, 5.74) is 3.02. The summed E-state index contributed by atoms with van der Waals surface area (Å²) in [6, 6.07) is 27.2. The number of esters is 1. The fourth-order valence-electron chi connectivity index (χ4n) is 5.59. The lowest BCUT2D eigenvalue weighted by molar-refractivity contribution is -0.384. The van der Waals surface area contributed by atoms with Crippen LogP contribution in [0.2, 0.25) is 0 Å². The van der Waals surface area contributed by atoms with Gasteiger partial charge in [-0.2, -0.15) is 0 Å². The number of thiazole rings is 1. The fraction of sp³-hybridized carbons (Fsp3) is 0.139. The number of aromatic nitrogens is 1. The average molecular weight is 662 g/mol. The number of carbonyl (C=O) groups is 1. The maximum Gasteiger partial charge on any atom is 0.338 e. The molecule has 0 unspecified atom stereocenters. The third kappa shape index (κ3) is 5.84. The molecule has 4 aromatic carbocycles. The van der Waals surface area contributed by atoms with Gasteiger partial charge in [0.15, 0.2) is 16.3 Å². The van der Waals surface area contributed by atoms with Gasteiger partial charge in [0, 0.05) is 23.3 Å². The Morgan fingerprint density at radius 3 is 2.54 bits per heavy atom. The van der Waals surface area contributed by atoms with Crippen molar-refractivity contribution in [3.63, 3.8) is 0 Å². The van der Waals surface area contributed by atoms with E-state index in [1.165, 1.54) is 28.0 Å². The SMILES string of the molecule is CCOC(=O)C1=C(c2ccccc2)N=c2s/c(=C/c3ccccc3OCc3ccc([N+](=O)[O-])cc3)c(=O)n2[C@H]1c1ccc2c(c1)OCO2. The summed E-state index contributed by atoms with van der Waals surface area (Å²) in [6.07, 6.45) is 1.74. The maximum absolute atomic E-state index is 14.3. The third-order valence-electron chi connectivity index (χ3n) is 7.83. The minimum absolute atomic E-state index is 0.00453. The number of non-ortho nitro benzene ring substituents is 1. The second-order valence-electron chi connectivity index (χ2n) is 10.8. The highest BCUT2D eigenvalue weighted by atomic mass is 32.1. The van der Waals surface area contributed by atoms with Crippen LogP contribution in [0.15, 0.2) is 112 Å². The van der Waals surface area contributed by atoms with Crippen molar-refractivity contribution in [1.29, 1.82) is 0 Å². The highest BCUT2D eigenvalue weighted by Gasteiger charge is 2.36. The molecule has 2 aliphatic rings. The molecule has 240 valence electrons. The Morgan fingerprint density at radius 2 is 1.77 bits per heavy atom. The molecule has 0 saturated heterocycles. The van der Waals surface area contributed by atoms with Crippen LogP contribution in [0.3, 0.4) is 0 Å². The van der Waals surface area contributed by atoms with E-state index in [1.54, 1.807) is 43.3 Å². The van der Waals surface area contributed by atoms with Gasteiger partial charge < -0.3 is 18.9 Å². The van der Waals surface area contributed by atoms with Crippen LogP contribution < -0.4 is 29.1 Å². The lowest BCUT2D eigenvalue weighted by atomic mass is 9.93. The van der Waals surface area contributed by atoms with Gasteiger partial charge in [-0.1, -0.05) is 65.9 Å². The van der Waals surface area contributed by atoms with Gasteiger partial charge >= 0.3 is 5.97 Å².